The number of hydrogen-bond donors (Lipinski definition) is 0. The number of benzene rings is 3. The maximum absolute atomic E-state index is 14.0. The van der Waals surface area contributed by atoms with Crippen molar-refractivity contribution in [3.05, 3.63) is 93.5 Å². The number of hydrogen-bond acceptors (Lipinski definition) is 7. The van der Waals surface area contributed by atoms with Crippen molar-refractivity contribution in [2.75, 3.05) is 4.31 Å². The van der Waals surface area contributed by atoms with Crippen LogP contribution >= 0.6 is 11.3 Å². The van der Waals surface area contributed by atoms with E-state index in [2.05, 4.69) is 0 Å². The first kappa shape index (κ1) is 21.2. The molecule has 3 aromatic carbocycles. The SMILES string of the molecule is Cc1ccc(S(=O)(=O)N(C(=O)c2ccco2)c2cc3sc(=O)oc3c3ccccc23)c(C)c1. The summed E-state index contributed by atoms with van der Waals surface area (Å²) in [5.74, 6) is -0.979. The van der Waals surface area contributed by atoms with Crippen LogP contribution in [0.3, 0.4) is 0 Å². The molecule has 33 heavy (non-hydrogen) atoms. The van der Waals surface area contributed by atoms with Gasteiger partial charge in [0.2, 0.25) is 0 Å². The van der Waals surface area contributed by atoms with Crippen LogP contribution in [-0.4, -0.2) is 14.3 Å². The first-order valence-electron chi connectivity index (χ1n) is 9.93. The molecule has 0 aliphatic carbocycles. The molecule has 1 amide bonds. The second kappa shape index (κ2) is 7.72. The third-order valence-electron chi connectivity index (χ3n) is 5.30. The molecule has 0 spiro atoms. The molecule has 5 rings (SSSR count). The number of rotatable bonds is 4. The third kappa shape index (κ3) is 3.46. The van der Waals surface area contributed by atoms with E-state index in [4.69, 9.17) is 8.83 Å². The largest absolute Gasteiger partial charge is 0.459 e. The summed E-state index contributed by atoms with van der Waals surface area (Å²) >= 11 is 0.841. The van der Waals surface area contributed by atoms with Crippen LogP contribution in [0.25, 0.3) is 21.1 Å². The van der Waals surface area contributed by atoms with Gasteiger partial charge in [-0.2, -0.15) is 4.31 Å². The Morgan fingerprint density at radius 3 is 2.42 bits per heavy atom. The Kier molecular flexibility index (Phi) is 4.95. The predicted molar refractivity (Wildman–Crippen MR) is 126 cm³/mol. The van der Waals surface area contributed by atoms with E-state index in [1.165, 1.54) is 30.5 Å². The quantitative estimate of drug-likeness (QED) is 0.349. The molecule has 0 aliphatic rings. The van der Waals surface area contributed by atoms with E-state index in [9.17, 15) is 18.0 Å². The number of sulfonamides is 1. The van der Waals surface area contributed by atoms with Crippen molar-refractivity contribution in [1.82, 2.24) is 0 Å². The Hall–Kier alpha value is -3.69. The first-order valence-corrected chi connectivity index (χ1v) is 12.2. The highest BCUT2D eigenvalue weighted by Crippen LogP contribution is 2.38. The number of carbonyl (C=O) groups is 1. The van der Waals surface area contributed by atoms with Crippen LogP contribution in [0.15, 0.2) is 85.5 Å². The normalized spacial score (nSPS) is 11.8. The Morgan fingerprint density at radius 2 is 1.73 bits per heavy atom. The lowest BCUT2D eigenvalue weighted by Crippen LogP contribution is -2.37. The molecule has 166 valence electrons. The minimum Gasteiger partial charge on any atom is -0.459 e. The molecule has 7 nitrogen and oxygen atoms in total. The molecule has 0 N–H and O–H groups in total. The molecule has 5 aromatic rings. The van der Waals surface area contributed by atoms with E-state index >= 15 is 0 Å². The highest BCUT2D eigenvalue weighted by molar-refractivity contribution is 7.93. The van der Waals surface area contributed by atoms with Crippen LogP contribution in [0.1, 0.15) is 21.7 Å². The van der Waals surface area contributed by atoms with Crippen LogP contribution in [0.5, 0.6) is 0 Å². The van der Waals surface area contributed by atoms with Crippen molar-refractivity contribution in [2.24, 2.45) is 0 Å². The Morgan fingerprint density at radius 1 is 0.970 bits per heavy atom. The topological polar surface area (TPSA) is 97.8 Å². The van der Waals surface area contributed by atoms with Crippen LogP contribution in [-0.2, 0) is 10.0 Å². The van der Waals surface area contributed by atoms with Crippen LogP contribution < -0.4 is 9.24 Å². The number of fused-ring (bicyclic) bond motifs is 3. The van der Waals surface area contributed by atoms with Gasteiger partial charge in [0.25, 0.3) is 10.0 Å². The molecule has 0 aliphatic heterocycles. The lowest BCUT2D eigenvalue weighted by atomic mass is 10.1. The third-order valence-corrected chi connectivity index (χ3v) is 7.93. The molecule has 0 radical (unpaired) electrons. The minimum atomic E-state index is -4.36. The molecule has 2 aromatic heterocycles. The van der Waals surface area contributed by atoms with Gasteiger partial charge in [0.1, 0.15) is 0 Å². The number of nitrogens with zero attached hydrogens (tertiary/aromatic N) is 1. The number of anilines is 1. The van der Waals surface area contributed by atoms with Crippen molar-refractivity contribution < 1.29 is 22.0 Å². The summed E-state index contributed by atoms with van der Waals surface area (Å²) in [6.07, 6.45) is 1.30. The van der Waals surface area contributed by atoms with Crippen LogP contribution in [0.2, 0.25) is 0 Å². The van der Waals surface area contributed by atoms with Crippen molar-refractivity contribution in [3.63, 3.8) is 0 Å². The zero-order valence-corrected chi connectivity index (χ0v) is 19.2. The monoisotopic (exact) mass is 479 g/mol. The number of amides is 1. The predicted octanol–water partition coefficient (Wildman–Crippen LogP) is 5.25. The van der Waals surface area contributed by atoms with E-state index < -0.39 is 20.9 Å². The van der Waals surface area contributed by atoms with Crippen molar-refractivity contribution in [2.45, 2.75) is 18.7 Å². The summed E-state index contributed by atoms with van der Waals surface area (Å²) in [5.41, 5.74) is 1.85. The van der Waals surface area contributed by atoms with Crippen molar-refractivity contribution in [1.29, 1.82) is 0 Å². The summed E-state index contributed by atoms with van der Waals surface area (Å²) in [7, 11) is -4.36. The van der Waals surface area contributed by atoms with Gasteiger partial charge in [0.05, 0.1) is 21.5 Å². The smallest absolute Gasteiger partial charge is 0.396 e. The van der Waals surface area contributed by atoms with Crippen molar-refractivity contribution in [3.8, 4) is 0 Å². The van der Waals surface area contributed by atoms with Gasteiger partial charge in [0.15, 0.2) is 11.3 Å². The number of carbonyl (C=O) groups excluding carboxylic acids is 1. The van der Waals surface area contributed by atoms with Gasteiger partial charge in [-0.1, -0.05) is 53.3 Å². The molecule has 9 heteroatoms. The summed E-state index contributed by atoms with van der Waals surface area (Å²) in [4.78, 5) is 25.0. The Bertz CT molecular complexity index is 1690. The average Bonchev–Trinajstić information content (AvgIpc) is 3.43. The zero-order chi connectivity index (χ0) is 23.3. The van der Waals surface area contributed by atoms with Gasteiger partial charge in [-0.15, -0.1) is 0 Å². The average molecular weight is 480 g/mol. The van der Waals surface area contributed by atoms with E-state index in [0.717, 1.165) is 21.2 Å². The maximum atomic E-state index is 14.0. The van der Waals surface area contributed by atoms with Gasteiger partial charge < -0.3 is 8.83 Å². The summed E-state index contributed by atoms with van der Waals surface area (Å²) in [5, 5.41) is 0.969. The summed E-state index contributed by atoms with van der Waals surface area (Å²) in [6, 6.07) is 16.2. The molecule has 0 atom stereocenters. The fraction of sp³-hybridized carbons (Fsp3) is 0.0833. The van der Waals surface area contributed by atoms with Crippen LogP contribution in [0.4, 0.5) is 5.69 Å². The van der Waals surface area contributed by atoms with Gasteiger partial charge in [-0.05, 0) is 43.7 Å². The second-order valence-electron chi connectivity index (χ2n) is 7.54. The van der Waals surface area contributed by atoms with Gasteiger partial charge in [0, 0.05) is 10.8 Å². The fourth-order valence-electron chi connectivity index (χ4n) is 3.88. The molecule has 0 saturated carbocycles. The lowest BCUT2D eigenvalue weighted by molar-refractivity contribution is 0.0979. The molecule has 0 fully saturated rings. The standard InChI is InChI=1S/C24H17NO6S2/c1-14-9-10-21(15(2)12-14)33(28,29)25(23(26)19-8-5-11-30-19)18-13-20-22(31-24(27)32-20)17-7-4-3-6-16(17)18/h3-13H,1-2H3. The van der Waals surface area contributed by atoms with E-state index in [-0.39, 0.29) is 16.3 Å². The minimum absolute atomic E-state index is 0.00225. The van der Waals surface area contributed by atoms with Gasteiger partial charge in [-0.3, -0.25) is 4.79 Å². The molecule has 0 bridgehead atoms. The van der Waals surface area contributed by atoms with Gasteiger partial charge >= 0.3 is 10.8 Å². The molecule has 0 unspecified atom stereocenters. The zero-order valence-electron chi connectivity index (χ0n) is 17.6. The fourth-order valence-corrected chi connectivity index (χ4v) is 6.22. The van der Waals surface area contributed by atoms with E-state index in [0.29, 0.717) is 26.6 Å². The Balaban J connectivity index is 1.86. The maximum Gasteiger partial charge on any atom is 0.396 e. The lowest BCUT2D eigenvalue weighted by Gasteiger charge is -2.24. The van der Waals surface area contributed by atoms with Gasteiger partial charge in [-0.25, -0.2) is 13.2 Å². The van der Waals surface area contributed by atoms with Crippen molar-refractivity contribution >= 4 is 54.0 Å². The van der Waals surface area contributed by atoms with E-state index in [1.807, 2.05) is 6.92 Å². The molecule has 0 saturated heterocycles. The highest BCUT2D eigenvalue weighted by Gasteiger charge is 2.36. The molecular formula is C24H17NO6S2. The number of aryl methyl sites for hydroxylation is 2. The Labute approximate surface area is 192 Å². The summed E-state index contributed by atoms with van der Waals surface area (Å²) < 4.78 is 39.7. The second-order valence-corrected chi connectivity index (χ2v) is 10.3. The number of furan rings is 1. The van der Waals surface area contributed by atoms with E-state index in [1.54, 1.807) is 43.3 Å². The molecular weight excluding hydrogens is 462 g/mol. The van der Waals surface area contributed by atoms with Crippen LogP contribution in [0, 0.1) is 13.8 Å². The molecule has 2 heterocycles. The summed E-state index contributed by atoms with van der Waals surface area (Å²) in [6.45, 7) is 3.54. The highest BCUT2D eigenvalue weighted by atomic mass is 32.2. The first-order chi connectivity index (χ1) is 15.8.